The molecule has 15 heavy (non-hydrogen) atoms. The molecule has 0 radical (unpaired) electrons. The van der Waals surface area contributed by atoms with E-state index in [0.29, 0.717) is 6.54 Å². The van der Waals surface area contributed by atoms with Crippen molar-refractivity contribution in [2.75, 3.05) is 7.05 Å². The standard InChI is InChI=1S/C10H12FN3O/c1-13(15)6-8-4-9-10(14(8)2)3-7(11)5-12-9/h3-5,15H,6H2,1-2H3. The Morgan fingerprint density at radius 3 is 2.93 bits per heavy atom. The summed E-state index contributed by atoms with van der Waals surface area (Å²) in [6.07, 6.45) is 1.19. The highest BCUT2D eigenvalue weighted by Crippen LogP contribution is 2.17. The first kappa shape index (κ1) is 10.1. The highest BCUT2D eigenvalue weighted by atomic mass is 19.1. The van der Waals surface area contributed by atoms with E-state index in [0.717, 1.165) is 21.8 Å². The Hall–Kier alpha value is -1.46. The van der Waals surface area contributed by atoms with Gasteiger partial charge in [-0.15, -0.1) is 0 Å². The fourth-order valence-corrected chi connectivity index (χ4v) is 1.61. The van der Waals surface area contributed by atoms with Crippen LogP contribution in [0.25, 0.3) is 11.0 Å². The van der Waals surface area contributed by atoms with Gasteiger partial charge in [0.25, 0.3) is 0 Å². The Labute approximate surface area is 86.5 Å². The quantitative estimate of drug-likeness (QED) is 0.763. The van der Waals surface area contributed by atoms with Crippen molar-refractivity contribution < 1.29 is 9.60 Å². The van der Waals surface area contributed by atoms with E-state index in [1.165, 1.54) is 12.3 Å². The molecule has 2 aromatic rings. The van der Waals surface area contributed by atoms with Crippen molar-refractivity contribution in [2.24, 2.45) is 7.05 Å². The lowest BCUT2D eigenvalue weighted by Gasteiger charge is -2.08. The molecule has 0 saturated heterocycles. The predicted octanol–water partition coefficient (Wildman–Crippen LogP) is 1.53. The van der Waals surface area contributed by atoms with Crippen molar-refractivity contribution in [2.45, 2.75) is 6.54 Å². The number of hydrogen-bond acceptors (Lipinski definition) is 3. The Balaban J connectivity index is 2.54. The van der Waals surface area contributed by atoms with Crippen molar-refractivity contribution in [1.29, 1.82) is 0 Å². The third-order valence-electron chi connectivity index (χ3n) is 2.35. The SMILES string of the molecule is CN(O)Cc1cc2ncc(F)cc2n1C. The maximum atomic E-state index is 13.0. The molecule has 0 atom stereocenters. The Bertz CT molecular complexity index is 493. The summed E-state index contributed by atoms with van der Waals surface area (Å²) in [4.78, 5) is 3.97. The summed E-state index contributed by atoms with van der Waals surface area (Å²) in [7, 11) is 3.38. The topological polar surface area (TPSA) is 41.3 Å². The van der Waals surface area contributed by atoms with Gasteiger partial charge in [0.05, 0.1) is 23.8 Å². The van der Waals surface area contributed by atoms with E-state index in [9.17, 15) is 4.39 Å². The third kappa shape index (κ3) is 1.84. The molecule has 5 heteroatoms. The van der Waals surface area contributed by atoms with E-state index >= 15 is 0 Å². The van der Waals surface area contributed by atoms with E-state index in [1.54, 1.807) is 7.05 Å². The van der Waals surface area contributed by atoms with Gasteiger partial charge in [-0.3, -0.25) is 4.98 Å². The van der Waals surface area contributed by atoms with Gasteiger partial charge in [0.1, 0.15) is 5.82 Å². The van der Waals surface area contributed by atoms with Gasteiger partial charge in [-0.1, -0.05) is 0 Å². The van der Waals surface area contributed by atoms with Crippen LogP contribution < -0.4 is 0 Å². The van der Waals surface area contributed by atoms with Crippen molar-refractivity contribution in [3.63, 3.8) is 0 Å². The summed E-state index contributed by atoms with van der Waals surface area (Å²) in [6, 6.07) is 3.27. The van der Waals surface area contributed by atoms with E-state index in [2.05, 4.69) is 4.98 Å². The van der Waals surface area contributed by atoms with Gasteiger partial charge < -0.3 is 9.77 Å². The molecule has 2 rings (SSSR count). The average molecular weight is 209 g/mol. The zero-order chi connectivity index (χ0) is 11.0. The molecule has 0 aliphatic heterocycles. The molecular weight excluding hydrogens is 197 g/mol. The second-order valence-corrected chi connectivity index (χ2v) is 3.57. The molecule has 0 fully saturated rings. The highest BCUT2D eigenvalue weighted by Gasteiger charge is 2.08. The molecule has 0 aromatic carbocycles. The van der Waals surface area contributed by atoms with E-state index in [4.69, 9.17) is 5.21 Å². The molecule has 0 spiro atoms. The maximum Gasteiger partial charge on any atom is 0.143 e. The summed E-state index contributed by atoms with van der Waals surface area (Å²) in [5, 5.41) is 10.2. The van der Waals surface area contributed by atoms with Gasteiger partial charge in [0.2, 0.25) is 0 Å². The molecule has 0 aliphatic rings. The Kier molecular flexibility index (Phi) is 2.42. The number of halogens is 1. The molecule has 2 aromatic heterocycles. The molecule has 1 N–H and O–H groups in total. The molecule has 0 unspecified atom stereocenters. The fourth-order valence-electron chi connectivity index (χ4n) is 1.61. The maximum absolute atomic E-state index is 13.0. The number of hydrogen-bond donors (Lipinski definition) is 1. The summed E-state index contributed by atoms with van der Waals surface area (Å²) < 4.78 is 14.8. The molecule has 2 heterocycles. The summed E-state index contributed by atoms with van der Waals surface area (Å²) in [5.41, 5.74) is 2.34. The van der Waals surface area contributed by atoms with Crippen molar-refractivity contribution in [1.82, 2.24) is 14.6 Å². The van der Waals surface area contributed by atoms with Crippen LogP contribution in [0.5, 0.6) is 0 Å². The van der Waals surface area contributed by atoms with E-state index in [1.807, 2.05) is 17.7 Å². The molecule has 0 bridgehead atoms. The van der Waals surface area contributed by atoms with Gasteiger partial charge in [-0.25, -0.2) is 4.39 Å². The summed E-state index contributed by atoms with van der Waals surface area (Å²) in [5.74, 6) is -0.354. The zero-order valence-electron chi connectivity index (χ0n) is 8.61. The number of aromatic nitrogens is 2. The van der Waals surface area contributed by atoms with Crippen LogP contribution in [0.15, 0.2) is 18.3 Å². The Morgan fingerprint density at radius 2 is 2.27 bits per heavy atom. The average Bonchev–Trinajstić information content (AvgIpc) is 2.44. The lowest BCUT2D eigenvalue weighted by atomic mass is 10.3. The first-order chi connectivity index (χ1) is 7.08. The van der Waals surface area contributed by atoms with Gasteiger partial charge in [0, 0.05) is 25.9 Å². The van der Waals surface area contributed by atoms with Gasteiger partial charge in [0.15, 0.2) is 0 Å². The number of hydroxylamine groups is 2. The normalized spacial score (nSPS) is 11.5. The number of aryl methyl sites for hydroxylation is 1. The number of pyridine rings is 1. The first-order valence-electron chi connectivity index (χ1n) is 4.58. The second-order valence-electron chi connectivity index (χ2n) is 3.57. The van der Waals surface area contributed by atoms with Gasteiger partial charge in [-0.05, 0) is 6.07 Å². The van der Waals surface area contributed by atoms with Gasteiger partial charge in [-0.2, -0.15) is 5.06 Å². The van der Waals surface area contributed by atoms with Gasteiger partial charge >= 0.3 is 0 Å². The third-order valence-corrected chi connectivity index (χ3v) is 2.35. The molecule has 0 amide bonds. The lowest BCUT2D eigenvalue weighted by molar-refractivity contribution is -0.0745. The van der Waals surface area contributed by atoms with Crippen LogP contribution in [0.1, 0.15) is 5.69 Å². The van der Waals surface area contributed by atoms with Crippen LogP contribution in [-0.4, -0.2) is 26.9 Å². The smallest absolute Gasteiger partial charge is 0.143 e. The van der Waals surface area contributed by atoms with Crippen molar-refractivity contribution >= 4 is 11.0 Å². The summed E-state index contributed by atoms with van der Waals surface area (Å²) >= 11 is 0. The highest BCUT2D eigenvalue weighted by molar-refractivity contribution is 5.76. The molecular formula is C10H12FN3O. The molecule has 4 nitrogen and oxygen atoms in total. The largest absolute Gasteiger partial charge is 0.345 e. The molecule has 80 valence electrons. The lowest BCUT2D eigenvalue weighted by Crippen LogP contribution is -2.13. The van der Waals surface area contributed by atoms with E-state index < -0.39 is 0 Å². The second kappa shape index (κ2) is 3.60. The minimum absolute atomic E-state index is 0.354. The monoisotopic (exact) mass is 209 g/mol. The zero-order valence-corrected chi connectivity index (χ0v) is 8.61. The van der Waals surface area contributed by atoms with Crippen molar-refractivity contribution in [3.05, 3.63) is 29.8 Å². The van der Waals surface area contributed by atoms with Crippen LogP contribution in [0.2, 0.25) is 0 Å². The molecule has 0 saturated carbocycles. The van der Waals surface area contributed by atoms with Crippen LogP contribution >= 0.6 is 0 Å². The number of fused-ring (bicyclic) bond motifs is 1. The van der Waals surface area contributed by atoms with Crippen LogP contribution in [0.3, 0.4) is 0 Å². The fraction of sp³-hybridized carbons (Fsp3) is 0.300. The predicted molar refractivity (Wildman–Crippen MR) is 53.9 cm³/mol. The van der Waals surface area contributed by atoms with Crippen LogP contribution in [-0.2, 0) is 13.6 Å². The molecule has 0 aliphatic carbocycles. The minimum Gasteiger partial charge on any atom is -0.345 e. The number of nitrogens with zero attached hydrogens (tertiary/aromatic N) is 3. The minimum atomic E-state index is -0.354. The number of rotatable bonds is 2. The van der Waals surface area contributed by atoms with Crippen LogP contribution in [0, 0.1) is 5.82 Å². The van der Waals surface area contributed by atoms with E-state index in [-0.39, 0.29) is 5.82 Å². The van der Waals surface area contributed by atoms with Crippen molar-refractivity contribution in [3.8, 4) is 0 Å². The van der Waals surface area contributed by atoms with Crippen LogP contribution in [0.4, 0.5) is 4.39 Å². The Morgan fingerprint density at radius 1 is 1.53 bits per heavy atom. The summed E-state index contributed by atoms with van der Waals surface area (Å²) in [6.45, 7) is 0.383. The first-order valence-corrected chi connectivity index (χ1v) is 4.58.